The summed E-state index contributed by atoms with van der Waals surface area (Å²) in [5, 5.41) is 2.83. The molecule has 94 valence electrons. The van der Waals surface area contributed by atoms with E-state index in [-0.39, 0.29) is 12.0 Å². The number of carbonyl (C=O) groups is 1. The van der Waals surface area contributed by atoms with Gasteiger partial charge in [0, 0.05) is 6.20 Å². The number of pyridine rings is 1. The lowest BCUT2D eigenvalue weighted by Crippen LogP contribution is -2.34. The van der Waals surface area contributed by atoms with Crippen LogP contribution in [0.2, 0.25) is 0 Å². The number of hydrogen-bond acceptors (Lipinski definition) is 4. The van der Waals surface area contributed by atoms with Gasteiger partial charge in [-0.05, 0) is 24.8 Å². The van der Waals surface area contributed by atoms with Crippen LogP contribution in [0, 0.1) is 0 Å². The lowest BCUT2D eigenvalue weighted by atomic mass is 10.4. The zero-order valence-electron chi connectivity index (χ0n) is 10.2. The third-order valence-electron chi connectivity index (χ3n) is 2.00. The maximum absolute atomic E-state index is 11.4. The average Bonchev–Trinajstić information content (AvgIpc) is 2.35. The molecule has 0 aliphatic carbocycles. The zero-order valence-corrected chi connectivity index (χ0v) is 11.0. The summed E-state index contributed by atoms with van der Waals surface area (Å²) in [4.78, 5) is 15.3. The van der Waals surface area contributed by atoms with Crippen molar-refractivity contribution in [1.29, 1.82) is 0 Å². The average molecular weight is 254 g/mol. The number of amides is 1. The first kappa shape index (κ1) is 13.8. The summed E-state index contributed by atoms with van der Waals surface area (Å²) in [7, 11) is 0. The van der Waals surface area contributed by atoms with Gasteiger partial charge in [-0.15, -0.1) is 0 Å². The van der Waals surface area contributed by atoms with Crippen LogP contribution < -0.4 is 10.1 Å². The number of hydrogen-bond donors (Lipinski definition) is 1. The van der Waals surface area contributed by atoms with E-state index in [1.807, 2.05) is 26.0 Å². The first-order valence-corrected chi connectivity index (χ1v) is 6.79. The molecule has 0 aliphatic heterocycles. The Bertz CT molecular complexity index is 333. The van der Waals surface area contributed by atoms with Crippen molar-refractivity contribution in [2.24, 2.45) is 0 Å². The van der Waals surface area contributed by atoms with Gasteiger partial charge in [0.2, 0.25) is 5.91 Å². The van der Waals surface area contributed by atoms with Crippen LogP contribution in [-0.2, 0) is 4.79 Å². The fourth-order valence-electron chi connectivity index (χ4n) is 1.19. The second-order valence-electron chi connectivity index (χ2n) is 3.56. The Balaban J connectivity index is 2.21. The molecule has 0 fully saturated rings. The number of thioether (sulfide) groups is 1. The number of nitrogens with zero attached hydrogens (tertiary/aromatic N) is 1. The molecule has 0 bridgehead atoms. The maximum atomic E-state index is 11.4. The SMILES string of the molecule is CCSCC(=O)NC[C@H](C)Oc1cccnc1. The van der Waals surface area contributed by atoms with Crippen molar-refractivity contribution in [1.82, 2.24) is 10.3 Å². The molecule has 1 rings (SSSR count). The van der Waals surface area contributed by atoms with Crippen molar-refractivity contribution in [3.63, 3.8) is 0 Å². The molecule has 1 amide bonds. The van der Waals surface area contributed by atoms with E-state index in [0.29, 0.717) is 12.3 Å². The Morgan fingerprint density at radius 3 is 3.12 bits per heavy atom. The molecule has 0 aromatic carbocycles. The second kappa shape index (κ2) is 7.95. The number of carbonyl (C=O) groups excluding carboxylic acids is 1. The van der Waals surface area contributed by atoms with Gasteiger partial charge in [-0.1, -0.05) is 6.92 Å². The molecule has 0 unspecified atom stereocenters. The summed E-state index contributed by atoms with van der Waals surface area (Å²) in [5.74, 6) is 2.24. The molecule has 1 atom stereocenters. The Morgan fingerprint density at radius 1 is 1.65 bits per heavy atom. The normalized spacial score (nSPS) is 11.9. The van der Waals surface area contributed by atoms with Crippen molar-refractivity contribution >= 4 is 17.7 Å². The molecule has 1 aromatic heterocycles. The molecule has 1 N–H and O–H groups in total. The third-order valence-corrected chi connectivity index (χ3v) is 2.87. The van der Waals surface area contributed by atoms with Crippen molar-refractivity contribution in [3.05, 3.63) is 24.5 Å². The van der Waals surface area contributed by atoms with E-state index in [2.05, 4.69) is 10.3 Å². The van der Waals surface area contributed by atoms with Gasteiger partial charge in [0.15, 0.2) is 0 Å². The predicted molar refractivity (Wildman–Crippen MR) is 70.3 cm³/mol. The van der Waals surface area contributed by atoms with E-state index in [4.69, 9.17) is 4.74 Å². The monoisotopic (exact) mass is 254 g/mol. The molecule has 0 spiro atoms. The van der Waals surface area contributed by atoms with Crippen LogP contribution in [0.15, 0.2) is 24.5 Å². The summed E-state index contributed by atoms with van der Waals surface area (Å²) in [6.45, 7) is 4.46. The van der Waals surface area contributed by atoms with Crippen molar-refractivity contribution in [2.45, 2.75) is 20.0 Å². The second-order valence-corrected chi connectivity index (χ2v) is 4.83. The van der Waals surface area contributed by atoms with Crippen LogP contribution in [0.25, 0.3) is 0 Å². The van der Waals surface area contributed by atoms with Gasteiger partial charge < -0.3 is 10.1 Å². The minimum absolute atomic E-state index is 0.0542. The van der Waals surface area contributed by atoms with E-state index >= 15 is 0 Å². The van der Waals surface area contributed by atoms with Crippen LogP contribution in [-0.4, -0.2) is 35.0 Å². The van der Waals surface area contributed by atoms with Crippen LogP contribution in [0.4, 0.5) is 0 Å². The van der Waals surface area contributed by atoms with Crippen LogP contribution in [0.1, 0.15) is 13.8 Å². The Morgan fingerprint density at radius 2 is 2.47 bits per heavy atom. The largest absolute Gasteiger partial charge is 0.487 e. The van der Waals surface area contributed by atoms with Crippen molar-refractivity contribution in [3.8, 4) is 5.75 Å². The van der Waals surface area contributed by atoms with Gasteiger partial charge in [-0.3, -0.25) is 9.78 Å². The quantitative estimate of drug-likeness (QED) is 0.805. The number of nitrogens with one attached hydrogen (secondary N) is 1. The number of aromatic nitrogens is 1. The standard InChI is InChI=1S/C12H18N2O2S/c1-3-17-9-12(15)14-7-10(2)16-11-5-4-6-13-8-11/h4-6,8,10H,3,7,9H2,1-2H3,(H,14,15)/t10-/m0/s1. The zero-order chi connectivity index (χ0) is 12.5. The van der Waals surface area contributed by atoms with Crippen LogP contribution in [0.5, 0.6) is 5.75 Å². The van der Waals surface area contributed by atoms with E-state index < -0.39 is 0 Å². The van der Waals surface area contributed by atoms with Gasteiger partial charge in [0.1, 0.15) is 11.9 Å². The van der Waals surface area contributed by atoms with Crippen molar-refractivity contribution in [2.75, 3.05) is 18.1 Å². The molecular weight excluding hydrogens is 236 g/mol. The molecular formula is C12H18N2O2S. The highest BCUT2D eigenvalue weighted by Gasteiger charge is 2.06. The first-order chi connectivity index (χ1) is 8.22. The van der Waals surface area contributed by atoms with Crippen LogP contribution >= 0.6 is 11.8 Å². The molecule has 0 saturated carbocycles. The summed E-state index contributed by atoms with van der Waals surface area (Å²) in [5.41, 5.74) is 0. The fraction of sp³-hybridized carbons (Fsp3) is 0.500. The molecule has 4 nitrogen and oxygen atoms in total. The van der Waals surface area contributed by atoms with Crippen LogP contribution in [0.3, 0.4) is 0 Å². The molecule has 0 radical (unpaired) electrons. The lowest BCUT2D eigenvalue weighted by Gasteiger charge is -2.14. The lowest BCUT2D eigenvalue weighted by molar-refractivity contribution is -0.118. The number of rotatable bonds is 7. The molecule has 0 saturated heterocycles. The highest BCUT2D eigenvalue weighted by atomic mass is 32.2. The van der Waals surface area contributed by atoms with E-state index in [0.717, 1.165) is 11.5 Å². The van der Waals surface area contributed by atoms with Gasteiger partial charge >= 0.3 is 0 Å². The Labute approximate surface area is 106 Å². The summed E-state index contributed by atoms with van der Waals surface area (Å²) >= 11 is 1.61. The van der Waals surface area contributed by atoms with Gasteiger partial charge in [-0.25, -0.2) is 0 Å². The molecule has 1 heterocycles. The third kappa shape index (κ3) is 6.16. The van der Waals surface area contributed by atoms with Gasteiger partial charge in [0.05, 0.1) is 18.5 Å². The topological polar surface area (TPSA) is 51.2 Å². The smallest absolute Gasteiger partial charge is 0.230 e. The van der Waals surface area contributed by atoms with E-state index in [9.17, 15) is 4.79 Å². The van der Waals surface area contributed by atoms with Gasteiger partial charge in [-0.2, -0.15) is 11.8 Å². The summed E-state index contributed by atoms with van der Waals surface area (Å²) in [6, 6.07) is 3.66. The summed E-state index contributed by atoms with van der Waals surface area (Å²) < 4.78 is 5.59. The summed E-state index contributed by atoms with van der Waals surface area (Å²) in [6.07, 6.45) is 3.29. The highest BCUT2D eigenvalue weighted by Crippen LogP contribution is 2.08. The molecule has 0 aliphatic rings. The van der Waals surface area contributed by atoms with E-state index in [1.54, 1.807) is 24.2 Å². The minimum atomic E-state index is -0.0604. The maximum Gasteiger partial charge on any atom is 0.230 e. The fourth-order valence-corrected chi connectivity index (χ4v) is 1.69. The Kier molecular flexibility index (Phi) is 6.47. The Hall–Kier alpha value is -1.23. The molecule has 5 heteroatoms. The van der Waals surface area contributed by atoms with E-state index in [1.165, 1.54) is 0 Å². The first-order valence-electron chi connectivity index (χ1n) is 5.63. The minimum Gasteiger partial charge on any atom is -0.487 e. The number of ether oxygens (including phenoxy) is 1. The van der Waals surface area contributed by atoms with Gasteiger partial charge in [0.25, 0.3) is 0 Å². The van der Waals surface area contributed by atoms with Crippen molar-refractivity contribution < 1.29 is 9.53 Å². The molecule has 17 heavy (non-hydrogen) atoms. The molecule has 1 aromatic rings. The highest BCUT2D eigenvalue weighted by molar-refractivity contribution is 7.99. The predicted octanol–water partition coefficient (Wildman–Crippen LogP) is 1.72.